The Morgan fingerprint density at radius 1 is 0.885 bits per heavy atom. The monoisotopic (exact) mass is 360 g/mol. The quantitative estimate of drug-likeness (QED) is 0.581. The van der Waals surface area contributed by atoms with Crippen LogP contribution in [0.5, 0.6) is 0 Å². The molecule has 0 saturated carbocycles. The van der Waals surface area contributed by atoms with Crippen molar-refractivity contribution < 1.29 is 0 Å². The van der Waals surface area contributed by atoms with Crippen LogP contribution in [0.3, 0.4) is 0 Å². The van der Waals surface area contributed by atoms with Crippen LogP contribution in [-0.2, 0) is 6.42 Å². The van der Waals surface area contributed by atoms with Crippen molar-refractivity contribution in [3.05, 3.63) is 101 Å². The van der Waals surface area contributed by atoms with Crippen molar-refractivity contribution in [3.8, 4) is 0 Å². The average Bonchev–Trinajstić information content (AvgIpc) is 2.65. The zero-order valence-corrected chi connectivity index (χ0v) is 16.0. The lowest BCUT2D eigenvalue weighted by Crippen LogP contribution is -2.33. The van der Waals surface area contributed by atoms with Crippen molar-refractivity contribution in [3.63, 3.8) is 0 Å². The third-order valence-corrected chi connectivity index (χ3v) is 4.64. The van der Waals surface area contributed by atoms with Gasteiger partial charge in [0.05, 0.1) is 6.04 Å². The van der Waals surface area contributed by atoms with E-state index in [-0.39, 0.29) is 6.04 Å². The molecule has 0 aliphatic carbocycles. The summed E-state index contributed by atoms with van der Waals surface area (Å²) in [6.07, 6.45) is 0.875. The highest BCUT2D eigenvalue weighted by atomic mass is 32.1. The van der Waals surface area contributed by atoms with Gasteiger partial charge in [0, 0.05) is 5.69 Å². The summed E-state index contributed by atoms with van der Waals surface area (Å²) in [5.41, 5.74) is 5.98. The van der Waals surface area contributed by atoms with Crippen LogP contribution in [0.1, 0.15) is 28.3 Å². The summed E-state index contributed by atoms with van der Waals surface area (Å²) in [6.45, 7) is 4.19. The van der Waals surface area contributed by atoms with Crippen LogP contribution >= 0.6 is 12.2 Å². The lowest BCUT2D eigenvalue weighted by molar-refractivity contribution is 0.648. The molecule has 3 aromatic rings. The normalized spacial score (nSPS) is 11.6. The van der Waals surface area contributed by atoms with Gasteiger partial charge < -0.3 is 10.6 Å². The first-order valence-electron chi connectivity index (χ1n) is 8.85. The van der Waals surface area contributed by atoms with Gasteiger partial charge in [-0.15, -0.1) is 0 Å². The van der Waals surface area contributed by atoms with Crippen LogP contribution in [0, 0.1) is 13.8 Å². The van der Waals surface area contributed by atoms with Gasteiger partial charge in [0.2, 0.25) is 0 Å². The van der Waals surface area contributed by atoms with Gasteiger partial charge in [-0.2, -0.15) is 0 Å². The largest absolute Gasteiger partial charge is 0.355 e. The molecule has 3 aromatic carbocycles. The average molecular weight is 361 g/mol. The maximum absolute atomic E-state index is 5.60. The zero-order valence-electron chi connectivity index (χ0n) is 15.2. The highest BCUT2D eigenvalue weighted by molar-refractivity contribution is 7.80. The number of rotatable bonds is 5. The fourth-order valence-corrected chi connectivity index (χ4v) is 3.31. The summed E-state index contributed by atoms with van der Waals surface area (Å²) in [5, 5.41) is 7.48. The minimum Gasteiger partial charge on any atom is -0.355 e. The molecule has 0 saturated heterocycles. The molecule has 0 heterocycles. The van der Waals surface area contributed by atoms with E-state index in [9.17, 15) is 0 Å². The molecule has 0 aliphatic rings. The van der Waals surface area contributed by atoms with Crippen LogP contribution in [-0.4, -0.2) is 5.11 Å². The number of nitrogens with one attached hydrogen (secondary N) is 2. The second-order valence-electron chi connectivity index (χ2n) is 6.57. The lowest BCUT2D eigenvalue weighted by atomic mass is 9.99. The van der Waals surface area contributed by atoms with Crippen LogP contribution in [0.4, 0.5) is 5.69 Å². The van der Waals surface area contributed by atoms with E-state index >= 15 is 0 Å². The molecule has 0 aliphatic heterocycles. The molecule has 0 amide bonds. The maximum Gasteiger partial charge on any atom is 0.171 e. The smallest absolute Gasteiger partial charge is 0.171 e. The summed E-state index contributed by atoms with van der Waals surface area (Å²) in [5.74, 6) is 0. The second-order valence-corrected chi connectivity index (χ2v) is 6.98. The van der Waals surface area contributed by atoms with E-state index in [2.05, 4.69) is 91.2 Å². The summed E-state index contributed by atoms with van der Waals surface area (Å²) >= 11 is 5.60. The molecule has 3 rings (SSSR count). The van der Waals surface area contributed by atoms with Crippen molar-refractivity contribution in [2.75, 3.05) is 5.32 Å². The van der Waals surface area contributed by atoms with E-state index < -0.39 is 0 Å². The summed E-state index contributed by atoms with van der Waals surface area (Å²) in [6, 6.07) is 27.4. The topological polar surface area (TPSA) is 24.1 Å². The molecule has 0 fully saturated rings. The molecule has 0 aromatic heterocycles. The van der Waals surface area contributed by atoms with E-state index in [4.69, 9.17) is 12.2 Å². The van der Waals surface area contributed by atoms with Gasteiger partial charge in [0.1, 0.15) is 0 Å². The van der Waals surface area contributed by atoms with Gasteiger partial charge >= 0.3 is 0 Å². The number of aryl methyl sites for hydroxylation is 2. The summed E-state index contributed by atoms with van der Waals surface area (Å²) < 4.78 is 0. The predicted octanol–water partition coefficient (Wildman–Crippen LogP) is 5.57. The Bertz CT molecular complexity index is 860. The Hall–Kier alpha value is -2.65. The fraction of sp³-hybridized carbons (Fsp3) is 0.174. The van der Waals surface area contributed by atoms with Crippen molar-refractivity contribution in [2.24, 2.45) is 0 Å². The number of benzene rings is 3. The van der Waals surface area contributed by atoms with Crippen molar-refractivity contribution in [2.45, 2.75) is 26.3 Å². The van der Waals surface area contributed by atoms with Crippen LogP contribution in [0.15, 0.2) is 78.9 Å². The maximum atomic E-state index is 5.60. The second kappa shape index (κ2) is 8.63. The van der Waals surface area contributed by atoms with Crippen LogP contribution in [0.25, 0.3) is 0 Å². The number of hydrogen-bond acceptors (Lipinski definition) is 1. The Morgan fingerprint density at radius 2 is 1.54 bits per heavy atom. The van der Waals surface area contributed by atoms with Crippen molar-refractivity contribution in [1.82, 2.24) is 5.32 Å². The third kappa shape index (κ3) is 4.93. The Balaban J connectivity index is 1.75. The minimum absolute atomic E-state index is 0.115. The third-order valence-electron chi connectivity index (χ3n) is 4.42. The predicted molar refractivity (Wildman–Crippen MR) is 115 cm³/mol. The molecule has 0 bridgehead atoms. The van der Waals surface area contributed by atoms with Crippen LogP contribution < -0.4 is 10.6 Å². The Morgan fingerprint density at radius 3 is 2.19 bits per heavy atom. The van der Waals surface area contributed by atoms with Crippen LogP contribution in [0.2, 0.25) is 0 Å². The Labute approximate surface area is 161 Å². The number of thiocarbonyl (C=S) groups is 1. The highest BCUT2D eigenvalue weighted by Gasteiger charge is 2.14. The van der Waals surface area contributed by atoms with Gasteiger partial charge in [-0.1, -0.05) is 78.4 Å². The molecule has 132 valence electrons. The standard InChI is InChI=1S/C23H24N2S/c1-17-13-14-21(18(2)15-17)24-23(26)25-22(20-11-7-4-8-12-20)16-19-9-5-3-6-10-19/h3-15,22H,16H2,1-2H3,(H2,24,25,26)/t22-/m0/s1. The van der Waals surface area contributed by atoms with E-state index in [0.717, 1.165) is 12.1 Å². The molecular weight excluding hydrogens is 336 g/mol. The molecule has 26 heavy (non-hydrogen) atoms. The van der Waals surface area contributed by atoms with Gasteiger partial charge in [-0.25, -0.2) is 0 Å². The van der Waals surface area contributed by atoms with Gasteiger partial charge in [-0.3, -0.25) is 0 Å². The van der Waals surface area contributed by atoms with Gasteiger partial charge in [0.15, 0.2) is 5.11 Å². The number of anilines is 1. The number of hydrogen-bond donors (Lipinski definition) is 2. The molecule has 0 spiro atoms. The van der Waals surface area contributed by atoms with E-state index in [1.54, 1.807) is 0 Å². The zero-order chi connectivity index (χ0) is 18.4. The Kier molecular flexibility index (Phi) is 6.03. The van der Waals surface area contributed by atoms with Gasteiger partial charge in [-0.05, 0) is 55.2 Å². The van der Waals surface area contributed by atoms with E-state index in [1.165, 1.54) is 22.3 Å². The van der Waals surface area contributed by atoms with Crippen molar-refractivity contribution >= 4 is 23.0 Å². The SMILES string of the molecule is Cc1ccc(NC(=S)N[C@@H](Cc2ccccc2)c2ccccc2)c(C)c1. The molecular formula is C23H24N2S. The first kappa shape index (κ1) is 18.2. The molecule has 1 atom stereocenters. The highest BCUT2D eigenvalue weighted by Crippen LogP contribution is 2.20. The molecule has 0 unspecified atom stereocenters. The van der Waals surface area contributed by atoms with Gasteiger partial charge in [0.25, 0.3) is 0 Å². The summed E-state index contributed by atoms with van der Waals surface area (Å²) in [7, 11) is 0. The van der Waals surface area contributed by atoms with E-state index in [0.29, 0.717) is 5.11 Å². The molecule has 2 N–H and O–H groups in total. The lowest BCUT2D eigenvalue weighted by Gasteiger charge is -2.22. The first-order chi connectivity index (χ1) is 12.6. The first-order valence-corrected chi connectivity index (χ1v) is 9.26. The summed E-state index contributed by atoms with van der Waals surface area (Å²) in [4.78, 5) is 0. The molecule has 3 heteroatoms. The van der Waals surface area contributed by atoms with Crippen molar-refractivity contribution in [1.29, 1.82) is 0 Å². The molecule has 0 radical (unpaired) electrons. The van der Waals surface area contributed by atoms with E-state index in [1.807, 2.05) is 12.1 Å². The minimum atomic E-state index is 0.115. The molecule has 2 nitrogen and oxygen atoms in total. The fourth-order valence-electron chi connectivity index (χ4n) is 3.06.